The average molecular weight is 328 g/mol. The van der Waals surface area contributed by atoms with Crippen molar-refractivity contribution in [1.82, 2.24) is 4.98 Å². The molecule has 0 bridgehead atoms. The molecule has 1 heterocycles. The predicted molar refractivity (Wildman–Crippen MR) is 89.1 cm³/mol. The lowest BCUT2D eigenvalue weighted by atomic mass is 10.1. The van der Waals surface area contributed by atoms with Gasteiger partial charge in [-0.2, -0.15) is 5.26 Å². The quantitative estimate of drug-likeness (QED) is 0.671. The highest BCUT2D eigenvalue weighted by Crippen LogP contribution is 2.26. The number of ether oxygens (including phenoxy) is 1. The van der Waals surface area contributed by atoms with Gasteiger partial charge in [0.1, 0.15) is 17.4 Å². The molecule has 23 heavy (non-hydrogen) atoms. The van der Waals surface area contributed by atoms with Gasteiger partial charge in [-0.15, -0.1) is 0 Å². The molecule has 2 rings (SSSR count). The maximum Gasteiger partial charge on any atom is 0.266 e. The molecule has 0 saturated heterocycles. The molecule has 1 aromatic heterocycles. The first-order valence-corrected chi connectivity index (χ1v) is 7.27. The summed E-state index contributed by atoms with van der Waals surface area (Å²) in [5, 5.41) is 12.2. The van der Waals surface area contributed by atoms with Crippen molar-refractivity contribution in [2.75, 3.05) is 11.9 Å². The second-order valence-electron chi connectivity index (χ2n) is 4.49. The highest BCUT2D eigenvalue weighted by atomic mass is 35.5. The first-order chi connectivity index (χ1) is 11.1. The number of halogens is 1. The molecule has 116 valence electrons. The molecule has 0 atom stereocenters. The van der Waals surface area contributed by atoms with Crippen molar-refractivity contribution < 1.29 is 9.53 Å². The summed E-state index contributed by atoms with van der Waals surface area (Å²) in [5.74, 6) is 0.0511. The summed E-state index contributed by atoms with van der Waals surface area (Å²) < 4.78 is 5.35. The third-order valence-corrected chi connectivity index (χ3v) is 3.15. The van der Waals surface area contributed by atoms with Crippen LogP contribution in [0.1, 0.15) is 12.5 Å². The van der Waals surface area contributed by atoms with E-state index >= 15 is 0 Å². The number of pyridine rings is 1. The van der Waals surface area contributed by atoms with Crippen molar-refractivity contribution in [2.45, 2.75) is 6.92 Å². The van der Waals surface area contributed by atoms with Gasteiger partial charge >= 0.3 is 0 Å². The standard InChI is InChI=1S/C17H14ClN3O2/c1-2-23-16-6-5-12(9-15(16)18)8-13(10-19)17(22)21-14-4-3-7-20-11-14/h3-9,11H,2H2,1H3,(H,21,22)/b13-8+. The predicted octanol–water partition coefficient (Wildman–Crippen LogP) is 3.68. The van der Waals surface area contributed by atoms with Gasteiger partial charge in [-0.3, -0.25) is 9.78 Å². The Labute approximate surface area is 139 Å². The van der Waals surface area contributed by atoms with Crippen LogP contribution in [-0.4, -0.2) is 17.5 Å². The summed E-state index contributed by atoms with van der Waals surface area (Å²) in [7, 11) is 0. The minimum Gasteiger partial charge on any atom is -0.492 e. The number of rotatable bonds is 5. The summed E-state index contributed by atoms with van der Waals surface area (Å²) in [6.07, 6.45) is 4.56. The van der Waals surface area contributed by atoms with Gasteiger partial charge in [0.15, 0.2) is 0 Å². The fraction of sp³-hybridized carbons (Fsp3) is 0.118. The fourth-order valence-electron chi connectivity index (χ4n) is 1.83. The van der Waals surface area contributed by atoms with E-state index in [1.54, 1.807) is 36.5 Å². The van der Waals surface area contributed by atoms with Crippen LogP contribution in [0.25, 0.3) is 6.08 Å². The summed E-state index contributed by atoms with van der Waals surface area (Å²) in [4.78, 5) is 16.0. The van der Waals surface area contributed by atoms with E-state index in [2.05, 4.69) is 10.3 Å². The minimum atomic E-state index is -0.509. The number of nitriles is 1. The average Bonchev–Trinajstić information content (AvgIpc) is 2.56. The Morgan fingerprint density at radius 3 is 2.91 bits per heavy atom. The molecule has 0 spiro atoms. The minimum absolute atomic E-state index is 0.0333. The first-order valence-electron chi connectivity index (χ1n) is 6.89. The van der Waals surface area contributed by atoms with E-state index in [1.807, 2.05) is 13.0 Å². The number of nitrogens with zero attached hydrogens (tertiary/aromatic N) is 2. The highest BCUT2D eigenvalue weighted by molar-refractivity contribution is 6.32. The number of nitrogens with one attached hydrogen (secondary N) is 1. The van der Waals surface area contributed by atoms with Crippen LogP contribution in [0.5, 0.6) is 5.75 Å². The fourth-order valence-corrected chi connectivity index (χ4v) is 2.07. The number of hydrogen-bond donors (Lipinski definition) is 1. The molecule has 1 N–H and O–H groups in total. The monoisotopic (exact) mass is 327 g/mol. The number of anilines is 1. The van der Waals surface area contributed by atoms with E-state index in [1.165, 1.54) is 12.3 Å². The topological polar surface area (TPSA) is 75.0 Å². The van der Waals surface area contributed by atoms with Crippen LogP contribution < -0.4 is 10.1 Å². The second kappa shape index (κ2) is 7.97. The van der Waals surface area contributed by atoms with Gasteiger partial charge in [0, 0.05) is 6.20 Å². The summed E-state index contributed by atoms with van der Waals surface area (Å²) in [6.45, 7) is 2.37. The Morgan fingerprint density at radius 1 is 1.48 bits per heavy atom. The van der Waals surface area contributed by atoms with Gasteiger partial charge in [0.05, 0.1) is 23.5 Å². The van der Waals surface area contributed by atoms with Crippen molar-refractivity contribution in [3.63, 3.8) is 0 Å². The largest absolute Gasteiger partial charge is 0.492 e. The molecule has 5 nitrogen and oxygen atoms in total. The molecule has 0 aliphatic heterocycles. The number of amides is 1. The van der Waals surface area contributed by atoms with Crippen LogP contribution in [0.4, 0.5) is 5.69 Å². The van der Waals surface area contributed by atoms with Crippen molar-refractivity contribution in [2.24, 2.45) is 0 Å². The number of carbonyl (C=O) groups is 1. The van der Waals surface area contributed by atoms with Crippen LogP contribution in [0.2, 0.25) is 5.02 Å². The lowest BCUT2D eigenvalue weighted by molar-refractivity contribution is -0.112. The lowest BCUT2D eigenvalue weighted by Gasteiger charge is -2.06. The first kappa shape index (κ1) is 16.5. The van der Waals surface area contributed by atoms with Crippen molar-refractivity contribution in [1.29, 1.82) is 5.26 Å². The van der Waals surface area contributed by atoms with Crippen LogP contribution in [0.15, 0.2) is 48.3 Å². The molecular formula is C17H14ClN3O2. The number of hydrogen-bond acceptors (Lipinski definition) is 4. The van der Waals surface area contributed by atoms with E-state index in [0.29, 0.717) is 28.6 Å². The van der Waals surface area contributed by atoms with E-state index in [4.69, 9.17) is 16.3 Å². The summed E-state index contributed by atoms with van der Waals surface area (Å²) in [5.41, 5.74) is 1.12. The van der Waals surface area contributed by atoms with Crippen molar-refractivity contribution >= 4 is 29.3 Å². The molecule has 6 heteroatoms. The van der Waals surface area contributed by atoms with Gasteiger partial charge in [-0.05, 0) is 42.8 Å². The zero-order valence-corrected chi connectivity index (χ0v) is 13.2. The van der Waals surface area contributed by atoms with Gasteiger partial charge < -0.3 is 10.1 Å². The van der Waals surface area contributed by atoms with Gasteiger partial charge in [0.25, 0.3) is 5.91 Å². The molecule has 1 aromatic carbocycles. The van der Waals surface area contributed by atoms with E-state index in [9.17, 15) is 10.1 Å². The van der Waals surface area contributed by atoms with Crippen LogP contribution in [-0.2, 0) is 4.79 Å². The molecule has 0 radical (unpaired) electrons. The van der Waals surface area contributed by atoms with Crippen molar-refractivity contribution in [3.05, 3.63) is 58.9 Å². The third kappa shape index (κ3) is 4.56. The molecule has 0 aliphatic rings. The molecule has 0 fully saturated rings. The van der Waals surface area contributed by atoms with Gasteiger partial charge in [-0.1, -0.05) is 17.7 Å². The number of aromatic nitrogens is 1. The molecular weight excluding hydrogens is 314 g/mol. The zero-order chi connectivity index (χ0) is 16.7. The third-order valence-electron chi connectivity index (χ3n) is 2.85. The molecule has 2 aromatic rings. The lowest BCUT2D eigenvalue weighted by Crippen LogP contribution is -2.13. The Kier molecular flexibility index (Phi) is 5.73. The summed E-state index contributed by atoms with van der Waals surface area (Å²) in [6, 6.07) is 10.3. The van der Waals surface area contributed by atoms with E-state index in [-0.39, 0.29) is 5.57 Å². The molecule has 0 aliphatic carbocycles. The Morgan fingerprint density at radius 2 is 2.30 bits per heavy atom. The second-order valence-corrected chi connectivity index (χ2v) is 4.90. The smallest absolute Gasteiger partial charge is 0.266 e. The van der Waals surface area contributed by atoms with Crippen LogP contribution in [0.3, 0.4) is 0 Å². The maximum absolute atomic E-state index is 12.1. The molecule has 0 unspecified atom stereocenters. The van der Waals surface area contributed by atoms with Gasteiger partial charge in [0.2, 0.25) is 0 Å². The zero-order valence-electron chi connectivity index (χ0n) is 12.4. The summed E-state index contributed by atoms with van der Waals surface area (Å²) >= 11 is 6.10. The van der Waals surface area contributed by atoms with Gasteiger partial charge in [-0.25, -0.2) is 0 Å². The Balaban J connectivity index is 2.20. The van der Waals surface area contributed by atoms with Crippen LogP contribution in [0, 0.1) is 11.3 Å². The highest BCUT2D eigenvalue weighted by Gasteiger charge is 2.10. The number of carbonyl (C=O) groups excluding carboxylic acids is 1. The Bertz CT molecular complexity index is 767. The Hall–Kier alpha value is -2.84. The van der Waals surface area contributed by atoms with Crippen molar-refractivity contribution in [3.8, 4) is 11.8 Å². The van der Waals surface area contributed by atoms with E-state index < -0.39 is 5.91 Å². The van der Waals surface area contributed by atoms with E-state index in [0.717, 1.165) is 0 Å². The normalized spacial score (nSPS) is 10.7. The maximum atomic E-state index is 12.1. The number of benzene rings is 1. The SMILES string of the molecule is CCOc1ccc(/C=C(\C#N)C(=O)Nc2cccnc2)cc1Cl. The van der Waals surface area contributed by atoms with Crippen LogP contribution >= 0.6 is 11.6 Å². The molecule has 0 saturated carbocycles. The molecule has 1 amide bonds.